The highest BCUT2D eigenvalue weighted by atomic mass is 16.5. The molecule has 19 heavy (non-hydrogen) atoms. The molecule has 0 radical (unpaired) electrons. The van der Waals surface area contributed by atoms with E-state index >= 15 is 0 Å². The van der Waals surface area contributed by atoms with E-state index in [1.807, 2.05) is 6.92 Å². The molecule has 2 rings (SSSR count). The molecule has 0 saturated heterocycles. The van der Waals surface area contributed by atoms with E-state index in [9.17, 15) is 4.79 Å². The van der Waals surface area contributed by atoms with Gasteiger partial charge in [-0.3, -0.25) is 4.79 Å². The van der Waals surface area contributed by atoms with Crippen LogP contribution >= 0.6 is 0 Å². The fourth-order valence-corrected chi connectivity index (χ4v) is 2.42. The maximum atomic E-state index is 11.8. The zero-order chi connectivity index (χ0) is 13.7. The number of nitrogens with zero attached hydrogens (tertiary/aromatic N) is 3. The average molecular weight is 266 g/mol. The quantitative estimate of drug-likeness (QED) is 0.864. The number of hydrogen-bond acceptors (Lipinski definition) is 4. The highest BCUT2D eigenvalue weighted by molar-refractivity contribution is 5.80. The van der Waals surface area contributed by atoms with Crippen molar-refractivity contribution in [1.29, 1.82) is 0 Å². The molecule has 1 atom stereocenters. The molecule has 1 aromatic rings. The van der Waals surface area contributed by atoms with Crippen molar-refractivity contribution in [3.63, 3.8) is 0 Å². The Kier molecular flexibility index (Phi) is 4.90. The molecule has 0 saturated carbocycles. The van der Waals surface area contributed by atoms with E-state index in [1.165, 1.54) is 12.8 Å². The van der Waals surface area contributed by atoms with Crippen LogP contribution in [0.4, 0.5) is 0 Å². The summed E-state index contributed by atoms with van der Waals surface area (Å²) >= 11 is 0. The van der Waals surface area contributed by atoms with Crippen LogP contribution in [0.15, 0.2) is 0 Å². The Bertz CT molecular complexity index is 426. The summed E-state index contributed by atoms with van der Waals surface area (Å²) in [5, 5.41) is 11.3. The molecule has 0 aliphatic carbocycles. The second-order valence-electron chi connectivity index (χ2n) is 4.85. The molecular formula is C13H22N4O2. The second-order valence-corrected chi connectivity index (χ2v) is 4.85. The molecule has 0 bridgehead atoms. The summed E-state index contributed by atoms with van der Waals surface area (Å²) in [6.45, 7) is 3.30. The lowest BCUT2D eigenvalue weighted by Gasteiger charge is -2.13. The maximum Gasteiger partial charge on any atom is 0.249 e. The smallest absolute Gasteiger partial charge is 0.249 e. The van der Waals surface area contributed by atoms with Gasteiger partial charge in [-0.1, -0.05) is 13.3 Å². The Hall–Kier alpha value is -1.43. The number of rotatable bonds is 5. The molecule has 106 valence electrons. The van der Waals surface area contributed by atoms with Gasteiger partial charge in [0.15, 0.2) is 5.82 Å². The number of amides is 1. The fraction of sp³-hybridized carbons (Fsp3) is 0.769. The number of hydrogen-bond donors (Lipinski definition) is 1. The van der Waals surface area contributed by atoms with Gasteiger partial charge in [-0.25, -0.2) is 0 Å². The molecule has 6 nitrogen and oxygen atoms in total. The van der Waals surface area contributed by atoms with Gasteiger partial charge < -0.3 is 14.6 Å². The minimum atomic E-state index is -0.383. The van der Waals surface area contributed by atoms with Crippen molar-refractivity contribution in [3.05, 3.63) is 11.6 Å². The predicted octanol–water partition coefficient (Wildman–Crippen LogP) is 1.05. The van der Waals surface area contributed by atoms with Crippen molar-refractivity contribution in [2.45, 2.75) is 58.2 Å². The molecule has 1 aromatic heterocycles. The van der Waals surface area contributed by atoms with E-state index in [0.29, 0.717) is 13.0 Å². The molecule has 1 unspecified atom stereocenters. The summed E-state index contributed by atoms with van der Waals surface area (Å²) in [6.07, 6.45) is 4.83. The second kappa shape index (κ2) is 6.65. The van der Waals surface area contributed by atoms with Crippen molar-refractivity contribution in [2.75, 3.05) is 7.11 Å². The molecule has 1 amide bonds. The molecule has 2 heterocycles. The van der Waals surface area contributed by atoms with Crippen LogP contribution in [0, 0.1) is 0 Å². The maximum absolute atomic E-state index is 11.8. The number of carbonyl (C=O) groups is 1. The molecule has 0 fully saturated rings. The van der Waals surface area contributed by atoms with E-state index < -0.39 is 0 Å². The summed E-state index contributed by atoms with van der Waals surface area (Å²) in [6, 6.07) is 0. The fourth-order valence-electron chi connectivity index (χ4n) is 2.42. The van der Waals surface area contributed by atoms with Crippen molar-refractivity contribution in [3.8, 4) is 0 Å². The number of methoxy groups -OCH3 is 1. The number of nitrogens with one attached hydrogen (secondary N) is 1. The monoisotopic (exact) mass is 266 g/mol. The molecule has 0 spiro atoms. The van der Waals surface area contributed by atoms with E-state index in [1.54, 1.807) is 7.11 Å². The summed E-state index contributed by atoms with van der Waals surface area (Å²) in [5.74, 6) is 1.80. The lowest BCUT2D eigenvalue weighted by molar-refractivity contribution is -0.131. The van der Waals surface area contributed by atoms with Crippen LogP contribution in [0.5, 0.6) is 0 Å². The summed E-state index contributed by atoms with van der Waals surface area (Å²) < 4.78 is 7.25. The number of aromatic nitrogens is 3. The third kappa shape index (κ3) is 3.32. The van der Waals surface area contributed by atoms with Crippen molar-refractivity contribution in [2.24, 2.45) is 0 Å². The van der Waals surface area contributed by atoms with Crippen LogP contribution in [0.2, 0.25) is 0 Å². The van der Waals surface area contributed by atoms with Gasteiger partial charge in [0.1, 0.15) is 11.9 Å². The number of aryl methyl sites for hydroxylation is 1. The topological polar surface area (TPSA) is 69.0 Å². The van der Waals surface area contributed by atoms with Gasteiger partial charge in [0.25, 0.3) is 0 Å². The summed E-state index contributed by atoms with van der Waals surface area (Å²) in [7, 11) is 1.55. The van der Waals surface area contributed by atoms with Gasteiger partial charge in [-0.05, 0) is 19.3 Å². The number of ether oxygens (including phenoxy) is 1. The van der Waals surface area contributed by atoms with Gasteiger partial charge in [0.05, 0.1) is 6.54 Å². The molecule has 1 aliphatic rings. The highest BCUT2D eigenvalue weighted by Gasteiger charge is 2.18. The third-order valence-corrected chi connectivity index (χ3v) is 3.55. The first kappa shape index (κ1) is 14.0. The number of fused-ring (bicyclic) bond motifs is 1. The molecular weight excluding hydrogens is 244 g/mol. The van der Waals surface area contributed by atoms with Crippen LogP contribution < -0.4 is 5.32 Å². The Morgan fingerprint density at radius 3 is 3.00 bits per heavy atom. The first-order valence-corrected chi connectivity index (χ1v) is 6.97. The zero-order valence-corrected chi connectivity index (χ0v) is 11.7. The van der Waals surface area contributed by atoms with E-state index in [-0.39, 0.29) is 12.0 Å². The van der Waals surface area contributed by atoms with Crippen LogP contribution in [-0.4, -0.2) is 33.9 Å². The number of carbonyl (C=O) groups excluding carboxylic acids is 1. The van der Waals surface area contributed by atoms with Crippen molar-refractivity contribution in [1.82, 2.24) is 20.1 Å². The normalized spacial score (nSPS) is 16.5. The van der Waals surface area contributed by atoms with E-state index in [2.05, 4.69) is 20.1 Å². The SMILES string of the molecule is CCC(OC)C(=O)NCc1nnc2n1CCCCC2. The Labute approximate surface area is 113 Å². The summed E-state index contributed by atoms with van der Waals surface area (Å²) in [4.78, 5) is 11.8. The van der Waals surface area contributed by atoms with E-state index in [4.69, 9.17) is 4.74 Å². The minimum Gasteiger partial charge on any atom is -0.372 e. The zero-order valence-electron chi connectivity index (χ0n) is 11.7. The standard InChI is InChI=1S/C13H22N4O2/c1-3-10(19-2)13(18)14-9-12-16-15-11-7-5-4-6-8-17(11)12/h10H,3-9H2,1-2H3,(H,14,18). The van der Waals surface area contributed by atoms with Gasteiger partial charge in [-0.2, -0.15) is 0 Å². The Balaban J connectivity index is 1.96. The lowest BCUT2D eigenvalue weighted by Crippen LogP contribution is -2.35. The average Bonchev–Trinajstić information content (AvgIpc) is 2.65. The van der Waals surface area contributed by atoms with Gasteiger partial charge in [-0.15, -0.1) is 10.2 Å². The molecule has 1 aliphatic heterocycles. The van der Waals surface area contributed by atoms with Gasteiger partial charge in [0, 0.05) is 20.1 Å². The van der Waals surface area contributed by atoms with Gasteiger partial charge >= 0.3 is 0 Å². The van der Waals surface area contributed by atoms with Crippen LogP contribution in [0.1, 0.15) is 44.3 Å². The Morgan fingerprint density at radius 1 is 1.42 bits per heavy atom. The lowest BCUT2D eigenvalue weighted by atomic mass is 10.2. The Morgan fingerprint density at radius 2 is 2.26 bits per heavy atom. The first-order valence-electron chi connectivity index (χ1n) is 6.97. The largest absolute Gasteiger partial charge is 0.372 e. The minimum absolute atomic E-state index is 0.0871. The van der Waals surface area contributed by atoms with Crippen molar-refractivity contribution >= 4 is 5.91 Å². The molecule has 1 N–H and O–H groups in total. The first-order chi connectivity index (χ1) is 9.26. The third-order valence-electron chi connectivity index (χ3n) is 3.55. The van der Waals surface area contributed by atoms with Crippen molar-refractivity contribution < 1.29 is 9.53 Å². The van der Waals surface area contributed by atoms with Crippen LogP contribution in [0.25, 0.3) is 0 Å². The predicted molar refractivity (Wildman–Crippen MR) is 70.5 cm³/mol. The van der Waals surface area contributed by atoms with Crippen LogP contribution in [-0.2, 0) is 29.0 Å². The molecule has 0 aromatic carbocycles. The van der Waals surface area contributed by atoms with E-state index in [0.717, 1.165) is 31.0 Å². The van der Waals surface area contributed by atoms with Gasteiger partial charge in [0.2, 0.25) is 5.91 Å². The highest BCUT2D eigenvalue weighted by Crippen LogP contribution is 2.14. The van der Waals surface area contributed by atoms with Crippen LogP contribution in [0.3, 0.4) is 0 Å². The molecule has 6 heteroatoms. The summed E-state index contributed by atoms with van der Waals surface area (Å²) in [5.41, 5.74) is 0.